The van der Waals surface area contributed by atoms with Crippen LogP contribution in [0.2, 0.25) is 0 Å². The van der Waals surface area contributed by atoms with Gasteiger partial charge in [-0.15, -0.1) is 11.6 Å². The molecule has 1 aromatic carbocycles. The van der Waals surface area contributed by atoms with Gasteiger partial charge in [0.05, 0.1) is 5.88 Å². The van der Waals surface area contributed by atoms with E-state index in [0.717, 1.165) is 12.8 Å². The van der Waals surface area contributed by atoms with E-state index >= 15 is 0 Å². The van der Waals surface area contributed by atoms with Gasteiger partial charge >= 0.3 is 0 Å². The molecule has 0 heterocycles. The number of Topliss-reactive ketones (excluding diaryl/α,β-unsaturated/α-hetero) is 1. The Morgan fingerprint density at radius 1 is 1.50 bits per heavy atom. The number of aryl methyl sites for hydroxylation is 1. The van der Waals surface area contributed by atoms with E-state index in [0.29, 0.717) is 0 Å². The van der Waals surface area contributed by atoms with Crippen molar-refractivity contribution < 1.29 is 4.79 Å². The number of carbonyl (C=O) groups is 1. The molecule has 1 aliphatic rings. The van der Waals surface area contributed by atoms with Crippen LogP contribution in [-0.2, 0) is 10.2 Å². The van der Waals surface area contributed by atoms with E-state index in [2.05, 4.69) is 38.1 Å². The Morgan fingerprint density at radius 3 is 2.75 bits per heavy atom. The molecule has 1 fully saturated rings. The fourth-order valence-corrected chi connectivity index (χ4v) is 2.84. The highest BCUT2D eigenvalue weighted by molar-refractivity contribution is 6.28. The van der Waals surface area contributed by atoms with Crippen LogP contribution in [0.15, 0.2) is 24.3 Å². The zero-order valence-electron chi connectivity index (χ0n) is 9.79. The van der Waals surface area contributed by atoms with Gasteiger partial charge in [-0.1, -0.05) is 36.8 Å². The molecule has 2 rings (SSSR count). The Balaban J connectivity index is 2.10. The first-order valence-electron chi connectivity index (χ1n) is 5.71. The second-order valence-corrected chi connectivity index (χ2v) is 5.40. The average molecular weight is 237 g/mol. The molecule has 0 unspecified atom stereocenters. The number of benzene rings is 1. The van der Waals surface area contributed by atoms with Gasteiger partial charge in [-0.3, -0.25) is 4.79 Å². The monoisotopic (exact) mass is 236 g/mol. The zero-order valence-corrected chi connectivity index (χ0v) is 10.6. The zero-order chi connectivity index (χ0) is 11.8. The van der Waals surface area contributed by atoms with Gasteiger partial charge in [0, 0.05) is 5.92 Å². The topological polar surface area (TPSA) is 17.1 Å². The minimum absolute atomic E-state index is 0.161. The lowest BCUT2D eigenvalue weighted by Gasteiger charge is -2.45. The Morgan fingerprint density at radius 2 is 2.19 bits per heavy atom. The van der Waals surface area contributed by atoms with Crippen LogP contribution >= 0.6 is 11.6 Å². The predicted octanol–water partition coefficient (Wildman–Crippen LogP) is 3.47. The van der Waals surface area contributed by atoms with Crippen LogP contribution in [0.3, 0.4) is 0 Å². The van der Waals surface area contributed by atoms with Crippen molar-refractivity contribution in [2.24, 2.45) is 5.92 Å². The van der Waals surface area contributed by atoms with Crippen molar-refractivity contribution in [2.75, 3.05) is 5.88 Å². The van der Waals surface area contributed by atoms with E-state index in [1.54, 1.807) is 0 Å². The fourth-order valence-electron chi connectivity index (χ4n) is 2.62. The van der Waals surface area contributed by atoms with Gasteiger partial charge in [-0.05, 0) is 30.7 Å². The molecule has 1 saturated carbocycles. The number of hydrogen-bond acceptors (Lipinski definition) is 1. The van der Waals surface area contributed by atoms with Crippen molar-refractivity contribution in [2.45, 2.75) is 32.1 Å². The van der Waals surface area contributed by atoms with Gasteiger partial charge in [-0.25, -0.2) is 0 Å². The summed E-state index contributed by atoms with van der Waals surface area (Å²) < 4.78 is 0. The van der Waals surface area contributed by atoms with Gasteiger partial charge < -0.3 is 0 Å². The standard InChI is InChI=1S/C14H17ClO/c1-10-4-3-5-12(6-10)14(2)7-11(8-14)13(16)9-15/h3-6,11H,7-9H2,1-2H3. The normalized spacial score (nSPS) is 28.6. The second-order valence-electron chi connectivity index (χ2n) is 5.14. The van der Waals surface area contributed by atoms with Crippen molar-refractivity contribution in [1.29, 1.82) is 0 Å². The van der Waals surface area contributed by atoms with Crippen LogP contribution in [0, 0.1) is 12.8 Å². The summed E-state index contributed by atoms with van der Waals surface area (Å²) in [6.07, 6.45) is 1.89. The predicted molar refractivity (Wildman–Crippen MR) is 67.0 cm³/mol. The van der Waals surface area contributed by atoms with E-state index in [1.807, 2.05) is 0 Å². The summed E-state index contributed by atoms with van der Waals surface area (Å²) >= 11 is 5.57. The van der Waals surface area contributed by atoms with Crippen molar-refractivity contribution in [3.8, 4) is 0 Å². The molecule has 0 aromatic heterocycles. The minimum Gasteiger partial charge on any atom is -0.298 e. The molecule has 86 valence electrons. The molecule has 16 heavy (non-hydrogen) atoms. The molecule has 0 amide bonds. The largest absolute Gasteiger partial charge is 0.298 e. The highest BCUT2D eigenvalue weighted by atomic mass is 35.5. The van der Waals surface area contributed by atoms with Crippen molar-refractivity contribution >= 4 is 17.4 Å². The molecular weight excluding hydrogens is 220 g/mol. The number of halogens is 1. The van der Waals surface area contributed by atoms with Crippen LogP contribution in [0.1, 0.15) is 30.9 Å². The minimum atomic E-state index is 0.161. The number of carbonyl (C=O) groups excluding carboxylic acids is 1. The third-order valence-electron chi connectivity index (χ3n) is 3.70. The summed E-state index contributed by atoms with van der Waals surface area (Å²) in [5.74, 6) is 0.545. The number of rotatable bonds is 3. The molecule has 0 bridgehead atoms. The maximum Gasteiger partial charge on any atom is 0.150 e. The lowest BCUT2D eigenvalue weighted by Crippen LogP contribution is -2.42. The van der Waals surface area contributed by atoms with E-state index in [1.165, 1.54) is 11.1 Å². The maximum atomic E-state index is 11.4. The maximum absolute atomic E-state index is 11.4. The summed E-state index contributed by atoms with van der Waals surface area (Å²) in [5.41, 5.74) is 2.82. The number of ketones is 1. The molecule has 1 nitrogen and oxygen atoms in total. The van der Waals surface area contributed by atoms with Crippen molar-refractivity contribution in [1.82, 2.24) is 0 Å². The van der Waals surface area contributed by atoms with E-state index < -0.39 is 0 Å². The Hall–Kier alpha value is -0.820. The van der Waals surface area contributed by atoms with Gasteiger partial charge in [0.1, 0.15) is 0 Å². The van der Waals surface area contributed by atoms with E-state index in [-0.39, 0.29) is 23.0 Å². The fraction of sp³-hybridized carbons (Fsp3) is 0.500. The van der Waals surface area contributed by atoms with Crippen LogP contribution in [0.25, 0.3) is 0 Å². The number of hydrogen-bond donors (Lipinski definition) is 0. The van der Waals surface area contributed by atoms with Crippen LogP contribution in [-0.4, -0.2) is 11.7 Å². The highest BCUT2D eigenvalue weighted by Crippen LogP contribution is 2.47. The van der Waals surface area contributed by atoms with Crippen LogP contribution in [0.5, 0.6) is 0 Å². The Kier molecular flexibility index (Phi) is 3.07. The molecular formula is C14H17ClO. The van der Waals surface area contributed by atoms with Gasteiger partial charge in [0.2, 0.25) is 0 Å². The molecule has 0 radical (unpaired) electrons. The third-order valence-corrected chi connectivity index (χ3v) is 3.96. The summed E-state index contributed by atoms with van der Waals surface area (Å²) in [4.78, 5) is 11.4. The van der Waals surface area contributed by atoms with Crippen molar-refractivity contribution in [3.63, 3.8) is 0 Å². The van der Waals surface area contributed by atoms with Crippen LogP contribution < -0.4 is 0 Å². The number of alkyl halides is 1. The quantitative estimate of drug-likeness (QED) is 0.735. The summed E-state index contributed by atoms with van der Waals surface area (Å²) in [6, 6.07) is 8.58. The molecule has 0 spiro atoms. The molecule has 0 atom stereocenters. The Labute approximate surface area is 102 Å². The summed E-state index contributed by atoms with van der Waals surface area (Å²) in [5, 5.41) is 0. The highest BCUT2D eigenvalue weighted by Gasteiger charge is 2.44. The summed E-state index contributed by atoms with van der Waals surface area (Å²) in [7, 11) is 0. The molecule has 1 aromatic rings. The smallest absolute Gasteiger partial charge is 0.150 e. The van der Waals surface area contributed by atoms with E-state index in [9.17, 15) is 4.79 Å². The lowest BCUT2D eigenvalue weighted by molar-refractivity contribution is -0.124. The average Bonchev–Trinajstić information content (AvgIpc) is 2.23. The van der Waals surface area contributed by atoms with Gasteiger partial charge in [-0.2, -0.15) is 0 Å². The first-order chi connectivity index (χ1) is 7.55. The van der Waals surface area contributed by atoms with E-state index in [4.69, 9.17) is 11.6 Å². The molecule has 0 N–H and O–H groups in total. The molecule has 2 heteroatoms. The second kappa shape index (κ2) is 4.21. The Bertz CT molecular complexity index is 405. The molecule has 0 aliphatic heterocycles. The first kappa shape index (κ1) is 11.7. The molecule has 0 saturated heterocycles. The van der Waals surface area contributed by atoms with Gasteiger partial charge in [0.15, 0.2) is 5.78 Å². The van der Waals surface area contributed by atoms with Crippen LogP contribution in [0.4, 0.5) is 0 Å². The summed E-state index contributed by atoms with van der Waals surface area (Å²) in [6.45, 7) is 4.34. The SMILES string of the molecule is Cc1cccc(C2(C)CC(C(=O)CCl)C2)c1. The third kappa shape index (κ3) is 2.01. The van der Waals surface area contributed by atoms with Gasteiger partial charge in [0.25, 0.3) is 0 Å². The first-order valence-corrected chi connectivity index (χ1v) is 6.24. The van der Waals surface area contributed by atoms with Crippen molar-refractivity contribution in [3.05, 3.63) is 35.4 Å². The lowest BCUT2D eigenvalue weighted by atomic mass is 9.59. The molecule has 1 aliphatic carbocycles.